The molecule has 0 spiro atoms. The first-order chi connectivity index (χ1) is 2.41. The molecule has 0 saturated carbocycles. The summed E-state index contributed by atoms with van der Waals surface area (Å²) in [5, 5.41) is 0. The molecule has 3 heteroatoms. The van der Waals surface area contributed by atoms with Crippen molar-refractivity contribution in [1.82, 2.24) is 0 Å². The molecule has 0 aromatic rings. The summed E-state index contributed by atoms with van der Waals surface area (Å²) in [6, 6.07) is 0. The van der Waals surface area contributed by atoms with Gasteiger partial charge in [-0.3, -0.25) is 0 Å². The molecule has 0 aliphatic carbocycles. The van der Waals surface area contributed by atoms with Gasteiger partial charge in [-0.2, -0.15) is 0 Å². The van der Waals surface area contributed by atoms with Crippen LogP contribution in [0.5, 0.6) is 0 Å². The topological polar surface area (TPSA) is 9.23 Å². The van der Waals surface area contributed by atoms with Gasteiger partial charge in [0.1, 0.15) is 0 Å². The Labute approximate surface area is 47.1 Å². The molecule has 0 bridgehead atoms. The Hall–Kier alpha value is 0.680. The average Bonchev–Trinajstić information content (AvgIpc) is 1.41. The van der Waals surface area contributed by atoms with Crippen LogP contribution in [0.2, 0.25) is 0 Å². The van der Waals surface area contributed by atoms with E-state index in [0.29, 0.717) is 0 Å². The largest absolute Gasteiger partial charge is 1.00 e. The Morgan fingerprint density at radius 3 is 2.17 bits per heavy atom. The van der Waals surface area contributed by atoms with E-state index >= 15 is 0 Å². The van der Waals surface area contributed by atoms with Crippen molar-refractivity contribution in [3.63, 3.8) is 0 Å². The monoisotopic (exact) mass is 128 g/mol. The summed E-state index contributed by atoms with van der Waals surface area (Å²) in [5.74, 6) is 0. The molecular formula is C3H10ClOP. The van der Waals surface area contributed by atoms with Crippen LogP contribution in [0.4, 0.5) is 0 Å². The third-order valence-corrected chi connectivity index (χ3v) is 0.637. The maximum absolute atomic E-state index is 4.70. The van der Waals surface area contributed by atoms with E-state index in [4.69, 9.17) is 4.74 Å². The van der Waals surface area contributed by atoms with Crippen LogP contribution >= 0.6 is 9.24 Å². The molecule has 1 atom stereocenters. The van der Waals surface area contributed by atoms with Gasteiger partial charge in [0.05, 0.1) is 12.8 Å². The van der Waals surface area contributed by atoms with Gasteiger partial charge in [0, 0.05) is 7.11 Å². The molecule has 6 heavy (non-hydrogen) atoms. The predicted octanol–water partition coefficient (Wildman–Crippen LogP) is -2.76. The molecule has 1 unspecified atom stereocenters. The molecule has 0 aromatic heterocycles. The Morgan fingerprint density at radius 2 is 2.17 bits per heavy atom. The zero-order valence-corrected chi connectivity index (χ0v) is 6.08. The summed E-state index contributed by atoms with van der Waals surface area (Å²) in [6.45, 7) is 0.901. The Morgan fingerprint density at radius 1 is 1.67 bits per heavy atom. The summed E-state index contributed by atoms with van der Waals surface area (Å²) >= 11 is 0. The number of ether oxygens (including phenoxy) is 1. The first kappa shape index (κ1) is 9.84. The lowest BCUT2D eigenvalue weighted by atomic mass is 10.9. The quantitative estimate of drug-likeness (QED) is 0.367. The van der Waals surface area contributed by atoms with Gasteiger partial charge >= 0.3 is 0 Å². The molecule has 0 heterocycles. The summed E-state index contributed by atoms with van der Waals surface area (Å²) in [6.07, 6.45) is 1.15. The van der Waals surface area contributed by atoms with Crippen molar-refractivity contribution in [2.75, 3.05) is 19.9 Å². The van der Waals surface area contributed by atoms with Gasteiger partial charge in [-0.1, -0.05) is 0 Å². The van der Waals surface area contributed by atoms with E-state index in [0.717, 1.165) is 12.8 Å². The summed E-state index contributed by atoms with van der Waals surface area (Å²) < 4.78 is 4.70. The van der Waals surface area contributed by atoms with E-state index in [2.05, 4.69) is 0 Å². The van der Waals surface area contributed by atoms with Crippen LogP contribution in [0.25, 0.3) is 0 Å². The van der Waals surface area contributed by atoms with E-state index in [1.807, 2.05) is 9.24 Å². The zero-order valence-electron chi connectivity index (χ0n) is 3.91. The lowest BCUT2D eigenvalue weighted by Gasteiger charge is -1.81. The van der Waals surface area contributed by atoms with Gasteiger partial charge in [-0.15, -0.1) is 0 Å². The zero-order chi connectivity index (χ0) is 4.12. The standard InChI is InChI=1S/C3H9OP.ClH/c1-4-2-3-5;/h2-3,5H2,1H3;1H. The lowest BCUT2D eigenvalue weighted by molar-refractivity contribution is -0.00000139. The second-order valence-corrected chi connectivity index (χ2v) is 1.55. The molecule has 0 saturated heterocycles. The number of methoxy groups -OCH3 is 1. The van der Waals surface area contributed by atoms with Gasteiger partial charge in [-0.05, 0) is 9.24 Å². The fraction of sp³-hybridized carbons (Fsp3) is 1.00. The molecule has 0 N–H and O–H groups in total. The molecule has 0 amide bonds. The van der Waals surface area contributed by atoms with Crippen LogP contribution in [0.15, 0.2) is 0 Å². The van der Waals surface area contributed by atoms with Crippen molar-refractivity contribution in [2.24, 2.45) is 0 Å². The number of hydrogen-bond donors (Lipinski definition) is 0. The SMILES string of the molecule is COCC[PH3+].[Cl-]. The van der Waals surface area contributed by atoms with Gasteiger partial charge in [-0.25, -0.2) is 0 Å². The van der Waals surface area contributed by atoms with Crippen LogP contribution < -0.4 is 12.4 Å². The lowest BCUT2D eigenvalue weighted by Crippen LogP contribution is -3.00. The highest BCUT2D eigenvalue weighted by molar-refractivity contribution is 7.16. The predicted molar refractivity (Wildman–Crippen MR) is 27.8 cm³/mol. The maximum Gasteiger partial charge on any atom is 0.0793 e. The number of hydrogen-bond acceptors (Lipinski definition) is 1. The fourth-order valence-corrected chi connectivity index (χ4v) is 0.433. The highest BCUT2D eigenvalue weighted by Gasteiger charge is 1.71. The van der Waals surface area contributed by atoms with Crippen molar-refractivity contribution < 1.29 is 17.1 Å². The molecule has 0 radical (unpaired) electrons. The van der Waals surface area contributed by atoms with E-state index in [9.17, 15) is 0 Å². The maximum atomic E-state index is 4.70. The van der Waals surface area contributed by atoms with Crippen LogP contribution in [-0.2, 0) is 4.74 Å². The van der Waals surface area contributed by atoms with Crippen molar-refractivity contribution in [3.05, 3.63) is 0 Å². The fourth-order valence-electron chi connectivity index (χ4n) is 0.144. The first-order valence-corrected chi connectivity index (χ1v) is 2.70. The molecular weight excluding hydrogens is 118 g/mol. The minimum Gasteiger partial charge on any atom is -1.00 e. The number of rotatable bonds is 2. The highest BCUT2D eigenvalue weighted by Crippen LogP contribution is 1.76. The minimum atomic E-state index is 0. The van der Waals surface area contributed by atoms with E-state index in [1.54, 1.807) is 7.11 Å². The third-order valence-electron chi connectivity index (χ3n) is 0.348. The van der Waals surface area contributed by atoms with Crippen molar-refractivity contribution in [1.29, 1.82) is 0 Å². The van der Waals surface area contributed by atoms with E-state index < -0.39 is 0 Å². The Kier molecular flexibility index (Phi) is 15.1. The second kappa shape index (κ2) is 9.19. The number of halogens is 1. The molecule has 0 fully saturated rings. The van der Waals surface area contributed by atoms with Gasteiger partial charge < -0.3 is 17.1 Å². The van der Waals surface area contributed by atoms with Gasteiger partial charge in [0.25, 0.3) is 0 Å². The Balaban J connectivity index is 0. The van der Waals surface area contributed by atoms with Crippen molar-refractivity contribution >= 4 is 9.24 Å². The van der Waals surface area contributed by atoms with Crippen molar-refractivity contribution in [3.8, 4) is 0 Å². The van der Waals surface area contributed by atoms with Gasteiger partial charge in [0.2, 0.25) is 0 Å². The molecule has 40 valence electrons. The van der Waals surface area contributed by atoms with Crippen LogP contribution in [0, 0.1) is 0 Å². The highest BCUT2D eigenvalue weighted by atomic mass is 35.5. The molecule has 0 rings (SSSR count). The normalized spacial score (nSPS) is 7.50. The van der Waals surface area contributed by atoms with Crippen LogP contribution in [-0.4, -0.2) is 19.9 Å². The summed E-state index contributed by atoms with van der Waals surface area (Å²) in [7, 11) is 3.64. The average molecular weight is 129 g/mol. The van der Waals surface area contributed by atoms with E-state index in [-0.39, 0.29) is 12.4 Å². The molecule has 0 aliphatic rings. The van der Waals surface area contributed by atoms with Gasteiger partial charge in [0.15, 0.2) is 0 Å². The second-order valence-electron chi connectivity index (χ2n) is 0.846. The van der Waals surface area contributed by atoms with Crippen molar-refractivity contribution in [2.45, 2.75) is 0 Å². The molecule has 0 aromatic carbocycles. The third kappa shape index (κ3) is 8.82. The summed E-state index contributed by atoms with van der Waals surface area (Å²) in [4.78, 5) is 0. The van der Waals surface area contributed by atoms with Crippen LogP contribution in [0.1, 0.15) is 0 Å². The smallest absolute Gasteiger partial charge is 0.0793 e. The molecule has 1 nitrogen and oxygen atoms in total. The minimum absolute atomic E-state index is 0. The Bertz CT molecular complexity index is 18.3. The van der Waals surface area contributed by atoms with E-state index in [1.165, 1.54) is 0 Å². The molecule has 0 aliphatic heterocycles. The summed E-state index contributed by atoms with van der Waals surface area (Å²) in [5.41, 5.74) is 0. The van der Waals surface area contributed by atoms with Crippen LogP contribution in [0.3, 0.4) is 0 Å². The first-order valence-electron chi connectivity index (χ1n) is 1.70.